The topological polar surface area (TPSA) is 26.0 Å². The molecular weight excluding hydrogens is 237 g/mol. The SMILES string of the molecule is NCCCc1cc(Cl)cc(Br)c1. The Balaban J connectivity index is 2.72. The Hall–Kier alpha value is -0.0500. The van der Waals surface area contributed by atoms with E-state index < -0.39 is 0 Å². The monoisotopic (exact) mass is 247 g/mol. The van der Waals surface area contributed by atoms with E-state index in [-0.39, 0.29) is 0 Å². The molecule has 1 aromatic rings. The molecule has 66 valence electrons. The molecule has 0 heterocycles. The molecule has 0 aromatic heterocycles. The average Bonchev–Trinajstić information content (AvgIpc) is 1.99. The molecule has 0 atom stereocenters. The summed E-state index contributed by atoms with van der Waals surface area (Å²) in [5.41, 5.74) is 6.64. The van der Waals surface area contributed by atoms with Crippen LogP contribution in [0.4, 0.5) is 0 Å². The summed E-state index contributed by atoms with van der Waals surface area (Å²) in [5, 5.41) is 0.774. The van der Waals surface area contributed by atoms with E-state index in [9.17, 15) is 0 Å². The highest BCUT2D eigenvalue weighted by atomic mass is 79.9. The fourth-order valence-electron chi connectivity index (χ4n) is 1.06. The first-order valence-corrected chi connectivity index (χ1v) is 5.04. The summed E-state index contributed by atoms with van der Waals surface area (Å²) in [7, 11) is 0. The Bertz CT molecular complexity index is 242. The van der Waals surface area contributed by atoms with Crippen LogP contribution < -0.4 is 5.73 Å². The van der Waals surface area contributed by atoms with Crippen LogP contribution in [0.2, 0.25) is 5.02 Å². The zero-order valence-corrected chi connectivity index (χ0v) is 9.03. The van der Waals surface area contributed by atoms with Crippen molar-refractivity contribution >= 4 is 27.5 Å². The Morgan fingerprint density at radius 3 is 2.67 bits per heavy atom. The van der Waals surface area contributed by atoms with Gasteiger partial charge >= 0.3 is 0 Å². The molecule has 0 bridgehead atoms. The largest absolute Gasteiger partial charge is 0.330 e. The summed E-state index contributed by atoms with van der Waals surface area (Å²) in [6.07, 6.45) is 2.00. The highest BCUT2D eigenvalue weighted by Gasteiger charge is 1.96. The van der Waals surface area contributed by atoms with E-state index in [0.29, 0.717) is 0 Å². The van der Waals surface area contributed by atoms with Crippen LogP contribution in [0.25, 0.3) is 0 Å². The normalized spacial score (nSPS) is 10.2. The molecule has 1 aromatic carbocycles. The van der Waals surface area contributed by atoms with Crippen LogP contribution in [-0.2, 0) is 6.42 Å². The Kier molecular flexibility index (Phi) is 4.06. The van der Waals surface area contributed by atoms with E-state index in [0.717, 1.165) is 28.9 Å². The van der Waals surface area contributed by atoms with Gasteiger partial charge in [-0.05, 0) is 43.1 Å². The van der Waals surface area contributed by atoms with Gasteiger partial charge in [-0.1, -0.05) is 27.5 Å². The van der Waals surface area contributed by atoms with Gasteiger partial charge in [0, 0.05) is 9.50 Å². The molecule has 2 N–H and O–H groups in total. The molecule has 0 spiro atoms. The molecule has 1 nitrogen and oxygen atoms in total. The molecule has 0 aliphatic carbocycles. The smallest absolute Gasteiger partial charge is 0.0419 e. The van der Waals surface area contributed by atoms with Crippen molar-refractivity contribution in [2.45, 2.75) is 12.8 Å². The van der Waals surface area contributed by atoms with Crippen molar-refractivity contribution in [1.82, 2.24) is 0 Å². The molecule has 0 radical (unpaired) electrons. The van der Waals surface area contributed by atoms with E-state index in [1.165, 1.54) is 5.56 Å². The molecule has 0 amide bonds. The van der Waals surface area contributed by atoms with Gasteiger partial charge in [-0.15, -0.1) is 0 Å². The highest BCUT2D eigenvalue weighted by molar-refractivity contribution is 9.10. The van der Waals surface area contributed by atoms with E-state index in [1.54, 1.807) is 0 Å². The van der Waals surface area contributed by atoms with Crippen molar-refractivity contribution in [2.75, 3.05) is 6.54 Å². The minimum absolute atomic E-state index is 0.726. The van der Waals surface area contributed by atoms with Crippen LogP contribution in [0.15, 0.2) is 22.7 Å². The number of halogens is 2. The summed E-state index contributed by atoms with van der Waals surface area (Å²) in [6, 6.07) is 5.93. The Morgan fingerprint density at radius 1 is 1.33 bits per heavy atom. The minimum Gasteiger partial charge on any atom is -0.330 e. The van der Waals surface area contributed by atoms with E-state index >= 15 is 0 Å². The van der Waals surface area contributed by atoms with E-state index in [1.807, 2.05) is 12.1 Å². The zero-order valence-electron chi connectivity index (χ0n) is 6.69. The Labute approximate surface area is 86.0 Å². The van der Waals surface area contributed by atoms with Gasteiger partial charge < -0.3 is 5.73 Å². The lowest BCUT2D eigenvalue weighted by atomic mass is 10.1. The number of aryl methyl sites for hydroxylation is 1. The maximum Gasteiger partial charge on any atom is 0.0419 e. The maximum atomic E-state index is 5.87. The third-order valence-electron chi connectivity index (χ3n) is 1.59. The zero-order chi connectivity index (χ0) is 8.97. The van der Waals surface area contributed by atoms with Gasteiger partial charge in [0.1, 0.15) is 0 Å². The van der Waals surface area contributed by atoms with Crippen LogP contribution in [-0.4, -0.2) is 6.54 Å². The van der Waals surface area contributed by atoms with Crippen LogP contribution >= 0.6 is 27.5 Å². The lowest BCUT2D eigenvalue weighted by Crippen LogP contribution is -2.00. The lowest BCUT2D eigenvalue weighted by Gasteiger charge is -2.01. The summed E-state index contributed by atoms with van der Waals surface area (Å²) in [6.45, 7) is 0.726. The average molecular weight is 249 g/mol. The molecule has 0 saturated heterocycles. The molecule has 0 aliphatic heterocycles. The van der Waals surface area contributed by atoms with Crippen LogP contribution in [0, 0.1) is 0 Å². The first-order chi connectivity index (χ1) is 5.72. The van der Waals surface area contributed by atoms with Gasteiger partial charge in [-0.3, -0.25) is 0 Å². The molecule has 0 fully saturated rings. The number of rotatable bonds is 3. The van der Waals surface area contributed by atoms with Gasteiger partial charge in [0.05, 0.1) is 0 Å². The molecule has 0 unspecified atom stereocenters. The lowest BCUT2D eigenvalue weighted by molar-refractivity contribution is 0.832. The number of nitrogens with two attached hydrogens (primary N) is 1. The van der Waals surface area contributed by atoms with Crippen molar-refractivity contribution in [3.8, 4) is 0 Å². The van der Waals surface area contributed by atoms with Crippen molar-refractivity contribution in [3.63, 3.8) is 0 Å². The molecular formula is C9H11BrClN. The van der Waals surface area contributed by atoms with E-state index in [2.05, 4.69) is 22.0 Å². The second kappa shape index (κ2) is 4.85. The molecule has 12 heavy (non-hydrogen) atoms. The minimum atomic E-state index is 0.726. The second-order valence-corrected chi connectivity index (χ2v) is 4.02. The standard InChI is InChI=1S/C9H11BrClN/c10-8-4-7(2-1-3-12)5-9(11)6-8/h4-6H,1-3,12H2. The van der Waals surface area contributed by atoms with Gasteiger partial charge in [0.2, 0.25) is 0 Å². The third-order valence-corrected chi connectivity index (χ3v) is 2.27. The number of benzene rings is 1. The first-order valence-electron chi connectivity index (χ1n) is 3.87. The van der Waals surface area contributed by atoms with Gasteiger partial charge in [0.25, 0.3) is 0 Å². The van der Waals surface area contributed by atoms with Gasteiger partial charge in [-0.25, -0.2) is 0 Å². The van der Waals surface area contributed by atoms with Crippen LogP contribution in [0.1, 0.15) is 12.0 Å². The van der Waals surface area contributed by atoms with Gasteiger partial charge in [-0.2, -0.15) is 0 Å². The van der Waals surface area contributed by atoms with Crippen molar-refractivity contribution in [2.24, 2.45) is 5.73 Å². The molecule has 3 heteroatoms. The number of hydrogen-bond donors (Lipinski definition) is 1. The maximum absolute atomic E-state index is 5.87. The molecule has 0 saturated carbocycles. The molecule has 1 rings (SSSR count). The van der Waals surface area contributed by atoms with E-state index in [4.69, 9.17) is 17.3 Å². The summed E-state index contributed by atoms with van der Waals surface area (Å²) in [5.74, 6) is 0. The van der Waals surface area contributed by atoms with Crippen LogP contribution in [0.3, 0.4) is 0 Å². The predicted octanol–water partition coefficient (Wildman–Crippen LogP) is 2.99. The molecule has 0 aliphatic rings. The van der Waals surface area contributed by atoms with Crippen molar-refractivity contribution in [3.05, 3.63) is 33.3 Å². The van der Waals surface area contributed by atoms with Gasteiger partial charge in [0.15, 0.2) is 0 Å². The first kappa shape index (κ1) is 10.0. The predicted molar refractivity (Wildman–Crippen MR) is 56.5 cm³/mol. The van der Waals surface area contributed by atoms with Crippen molar-refractivity contribution < 1.29 is 0 Å². The van der Waals surface area contributed by atoms with Crippen molar-refractivity contribution in [1.29, 1.82) is 0 Å². The fraction of sp³-hybridized carbons (Fsp3) is 0.333. The quantitative estimate of drug-likeness (QED) is 0.874. The summed E-state index contributed by atoms with van der Waals surface area (Å²) in [4.78, 5) is 0. The Morgan fingerprint density at radius 2 is 2.08 bits per heavy atom. The third kappa shape index (κ3) is 3.13. The summed E-state index contributed by atoms with van der Waals surface area (Å²) < 4.78 is 1.03. The number of hydrogen-bond acceptors (Lipinski definition) is 1. The fourth-order valence-corrected chi connectivity index (χ4v) is 1.99. The van der Waals surface area contributed by atoms with Crippen LogP contribution in [0.5, 0.6) is 0 Å². The second-order valence-electron chi connectivity index (χ2n) is 2.67. The summed E-state index contributed by atoms with van der Waals surface area (Å²) >= 11 is 9.26. The highest BCUT2D eigenvalue weighted by Crippen LogP contribution is 2.20.